The summed E-state index contributed by atoms with van der Waals surface area (Å²) in [5, 5.41) is 12.5. The first-order chi connectivity index (χ1) is 17.4. The van der Waals surface area contributed by atoms with Gasteiger partial charge in [-0.05, 0) is 38.1 Å². The van der Waals surface area contributed by atoms with Crippen molar-refractivity contribution in [2.75, 3.05) is 19.6 Å². The molecule has 1 unspecified atom stereocenters. The molecular formula is C24H24Cl2N8O2. The van der Waals surface area contributed by atoms with Crippen molar-refractivity contribution in [2.24, 2.45) is 5.73 Å². The Hall–Kier alpha value is -3.47. The van der Waals surface area contributed by atoms with Crippen LogP contribution in [0.4, 0.5) is 4.79 Å². The van der Waals surface area contributed by atoms with Crippen LogP contribution in [0.5, 0.6) is 5.75 Å². The zero-order chi connectivity index (χ0) is 25.2. The molecule has 1 aliphatic rings. The summed E-state index contributed by atoms with van der Waals surface area (Å²) < 4.78 is 6.15. The van der Waals surface area contributed by atoms with Crippen molar-refractivity contribution in [3.05, 3.63) is 64.4 Å². The number of fused-ring (bicyclic) bond motifs is 1. The zero-order valence-corrected chi connectivity index (χ0v) is 20.9. The number of carbonyl (C=O) groups is 1. The minimum atomic E-state index is -0.481. The standard InChI is InChI=1S/C24H24Cl2N8O2/c1-13(21-17(25)10-29-11-18(21)26)36-15-3-4-19-16(7-15)22(33-32-19)14-8-30-23(31-9-14)20-12-28-5-2-6-34(20)24(27)35/h3-4,7-11,13,20,28H,2,5-6,12H2,1H3,(H2,27,35)(H,32,33)/t13-,20?/m1/s1. The molecule has 0 radical (unpaired) electrons. The second-order valence-electron chi connectivity index (χ2n) is 8.49. The van der Waals surface area contributed by atoms with Gasteiger partial charge in [-0.25, -0.2) is 14.8 Å². The van der Waals surface area contributed by atoms with Crippen molar-refractivity contribution in [2.45, 2.75) is 25.5 Å². The maximum Gasteiger partial charge on any atom is 0.315 e. The second kappa shape index (κ2) is 10.3. The highest BCUT2D eigenvalue weighted by atomic mass is 35.5. The number of aromatic amines is 1. The maximum absolute atomic E-state index is 11.9. The Morgan fingerprint density at radius 2 is 1.94 bits per heavy atom. The van der Waals surface area contributed by atoms with Gasteiger partial charge in [0.1, 0.15) is 23.6 Å². The number of hydrogen-bond donors (Lipinski definition) is 3. The van der Waals surface area contributed by atoms with E-state index in [1.807, 2.05) is 25.1 Å². The molecule has 12 heteroatoms. The van der Waals surface area contributed by atoms with Crippen molar-refractivity contribution in [1.29, 1.82) is 0 Å². The van der Waals surface area contributed by atoms with Gasteiger partial charge in [-0.3, -0.25) is 10.1 Å². The minimum Gasteiger partial charge on any atom is -0.486 e. The van der Waals surface area contributed by atoms with Crippen LogP contribution >= 0.6 is 23.2 Å². The Bertz CT molecular complexity index is 1370. The predicted octanol–water partition coefficient (Wildman–Crippen LogP) is 4.28. The van der Waals surface area contributed by atoms with Crippen molar-refractivity contribution >= 4 is 40.1 Å². The van der Waals surface area contributed by atoms with Gasteiger partial charge in [-0.2, -0.15) is 5.10 Å². The van der Waals surface area contributed by atoms with Crippen molar-refractivity contribution in [1.82, 2.24) is 35.4 Å². The number of pyridine rings is 1. The lowest BCUT2D eigenvalue weighted by Crippen LogP contribution is -2.41. The van der Waals surface area contributed by atoms with Gasteiger partial charge in [0, 0.05) is 54.4 Å². The fourth-order valence-corrected chi connectivity index (χ4v) is 5.04. The van der Waals surface area contributed by atoms with Gasteiger partial charge >= 0.3 is 6.03 Å². The van der Waals surface area contributed by atoms with Crippen LogP contribution in [-0.4, -0.2) is 55.7 Å². The average molecular weight is 527 g/mol. The molecule has 4 N–H and O–H groups in total. The molecule has 4 heterocycles. The van der Waals surface area contributed by atoms with E-state index in [2.05, 4.69) is 30.5 Å². The molecule has 5 rings (SSSR count). The summed E-state index contributed by atoms with van der Waals surface area (Å²) in [6.07, 6.45) is 6.90. The number of benzene rings is 1. The van der Waals surface area contributed by atoms with Gasteiger partial charge in [0.25, 0.3) is 0 Å². The van der Waals surface area contributed by atoms with Crippen LogP contribution in [0.2, 0.25) is 10.0 Å². The first-order valence-corrected chi connectivity index (χ1v) is 12.2. The van der Waals surface area contributed by atoms with E-state index >= 15 is 0 Å². The van der Waals surface area contributed by atoms with E-state index in [4.69, 9.17) is 33.7 Å². The van der Waals surface area contributed by atoms with E-state index in [1.165, 1.54) is 12.4 Å². The summed E-state index contributed by atoms with van der Waals surface area (Å²) in [6.45, 7) is 3.77. The predicted molar refractivity (Wildman–Crippen MR) is 137 cm³/mol. The van der Waals surface area contributed by atoms with Gasteiger partial charge in [0.15, 0.2) is 5.82 Å². The molecule has 0 aliphatic carbocycles. The van der Waals surface area contributed by atoms with Crippen LogP contribution in [0.3, 0.4) is 0 Å². The normalized spacial score (nSPS) is 17.1. The van der Waals surface area contributed by atoms with Gasteiger partial charge in [-0.15, -0.1) is 0 Å². The molecule has 1 fully saturated rings. The molecule has 1 saturated heterocycles. The van der Waals surface area contributed by atoms with Crippen molar-refractivity contribution in [3.8, 4) is 17.0 Å². The molecule has 36 heavy (non-hydrogen) atoms. The molecule has 4 aromatic rings. The highest BCUT2D eigenvalue weighted by molar-refractivity contribution is 6.35. The van der Waals surface area contributed by atoms with E-state index in [0.29, 0.717) is 46.0 Å². The van der Waals surface area contributed by atoms with Gasteiger partial charge in [0.2, 0.25) is 0 Å². The number of ether oxygens (including phenoxy) is 1. The maximum atomic E-state index is 11.9. The summed E-state index contributed by atoms with van der Waals surface area (Å²) >= 11 is 12.6. The van der Waals surface area contributed by atoms with Crippen LogP contribution in [0.15, 0.2) is 43.0 Å². The molecule has 0 saturated carbocycles. The summed E-state index contributed by atoms with van der Waals surface area (Å²) in [5.41, 5.74) is 8.51. The minimum absolute atomic E-state index is 0.330. The molecule has 10 nitrogen and oxygen atoms in total. The molecule has 3 aromatic heterocycles. The first kappa shape index (κ1) is 24.2. The Balaban J connectivity index is 1.41. The number of nitrogens with two attached hydrogens (primary N) is 1. The number of nitrogens with zero attached hydrogens (tertiary/aromatic N) is 5. The third kappa shape index (κ3) is 4.79. The van der Waals surface area contributed by atoms with E-state index in [9.17, 15) is 4.79 Å². The van der Waals surface area contributed by atoms with Gasteiger partial charge in [0.05, 0.1) is 15.6 Å². The topological polar surface area (TPSA) is 135 Å². The Morgan fingerprint density at radius 3 is 2.67 bits per heavy atom. The molecule has 2 amide bonds. The number of aromatic nitrogens is 5. The quantitative estimate of drug-likeness (QED) is 0.353. The number of carbonyl (C=O) groups excluding carboxylic acids is 1. The molecule has 1 aromatic carbocycles. The molecule has 2 atom stereocenters. The monoisotopic (exact) mass is 526 g/mol. The Labute approximate surface area is 217 Å². The summed E-state index contributed by atoms with van der Waals surface area (Å²) in [4.78, 5) is 26.6. The lowest BCUT2D eigenvalue weighted by Gasteiger charge is -2.26. The number of halogens is 2. The zero-order valence-electron chi connectivity index (χ0n) is 19.4. The van der Waals surface area contributed by atoms with Crippen molar-refractivity contribution < 1.29 is 9.53 Å². The van der Waals surface area contributed by atoms with Crippen LogP contribution in [0.1, 0.15) is 36.9 Å². The smallest absolute Gasteiger partial charge is 0.315 e. The third-order valence-corrected chi connectivity index (χ3v) is 6.74. The average Bonchev–Trinajstić information content (AvgIpc) is 3.11. The number of urea groups is 1. The van der Waals surface area contributed by atoms with E-state index in [-0.39, 0.29) is 6.04 Å². The number of primary amides is 1. The molecule has 186 valence electrons. The first-order valence-electron chi connectivity index (χ1n) is 11.4. The van der Waals surface area contributed by atoms with Crippen molar-refractivity contribution in [3.63, 3.8) is 0 Å². The highest BCUT2D eigenvalue weighted by Crippen LogP contribution is 2.34. The SMILES string of the molecule is C[C@@H](Oc1ccc2[nH]nc(-c3cnc(C4CNCCCN4C(N)=O)nc3)c2c1)c1c(Cl)cncc1Cl. The number of hydrogen-bond acceptors (Lipinski definition) is 7. The number of H-pyrrole nitrogens is 1. The molecule has 0 spiro atoms. The molecule has 0 bridgehead atoms. The molecular weight excluding hydrogens is 503 g/mol. The third-order valence-electron chi connectivity index (χ3n) is 6.14. The van der Waals surface area contributed by atoms with Crippen LogP contribution < -0.4 is 15.8 Å². The lowest BCUT2D eigenvalue weighted by molar-refractivity contribution is 0.186. The highest BCUT2D eigenvalue weighted by Gasteiger charge is 2.27. The summed E-state index contributed by atoms with van der Waals surface area (Å²) in [5.74, 6) is 1.15. The Kier molecular flexibility index (Phi) is 6.90. The second-order valence-corrected chi connectivity index (χ2v) is 9.31. The fourth-order valence-electron chi connectivity index (χ4n) is 4.37. The largest absolute Gasteiger partial charge is 0.486 e. The number of nitrogens with one attached hydrogen (secondary N) is 2. The number of amides is 2. The summed E-state index contributed by atoms with van der Waals surface area (Å²) in [7, 11) is 0. The van der Waals surface area contributed by atoms with E-state index in [0.717, 1.165) is 29.4 Å². The van der Waals surface area contributed by atoms with Crippen LogP contribution in [0.25, 0.3) is 22.2 Å². The fraction of sp³-hybridized carbons (Fsp3) is 0.292. The summed E-state index contributed by atoms with van der Waals surface area (Å²) in [6, 6.07) is 4.82. The van der Waals surface area contributed by atoms with Gasteiger partial charge in [-0.1, -0.05) is 23.2 Å². The van der Waals surface area contributed by atoms with Crippen LogP contribution in [-0.2, 0) is 0 Å². The Morgan fingerprint density at radius 1 is 1.19 bits per heavy atom. The van der Waals surface area contributed by atoms with E-state index in [1.54, 1.807) is 17.3 Å². The molecule has 1 aliphatic heterocycles. The number of rotatable bonds is 5. The lowest BCUT2D eigenvalue weighted by atomic mass is 10.1. The van der Waals surface area contributed by atoms with Crippen LogP contribution in [0, 0.1) is 0 Å². The van der Waals surface area contributed by atoms with E-state index < -0.39 is 12.1 Å². The van der Waals surface area contributed by atoms with Gasteiger partial charge < -0.3 is 20.7 Å².